The smallest absolute Gasteiger partial charge is 0.411 e. The number of benzene rings is 3. The summed E-state index contributed by atoms with van der Waals surface area (Å²) in [5, 5.41) is 9.57. The Labute approximate surface area is 190 Å². The molecule has 33 heavy (non-hydrogen) atoms. The average Bonchev–Trinajstić information content (AvgIpc) is 2.79. The summed E-state index contributed by atoms with van der Waals surface area (Å²) in [4.78, 5) is 14.6. The monoisotopic (exact) mass is 455 g/mol. The van der Waals surface area contributed by atoms with Gasteiger partial charge >= 0.3 is 6.09 Å². The van der Waals surface area contributed by atoms with E-state index in [0.29, 0.717) is 29.7 Å². The molecule has 0 bridgehead atoms. The summed E-state index contributed by atoms with van der Waals surface area (Å²) in [5.74, 6) is -1.67. The van der Waals surface area contributed by atoms with E-state index in [2.05, 4.69) is 0 Å². The summed E-state index contributed by atoms with van der Waals surface area (Å²) < 4.78 is 46.5. The fourth-order valence-electron chi connectivity index (χ4n) is 4.32. The van der Waals surface area contributed by atoms with Gasteiger partial charge in [-0.3, -0.25) is 0 Å². The van der Waals surface area contributed by atoms with Gasteiger partial charge in [0.1, 0.15) is 23.1 Å². The summed E-state index contributed by atoms with van der Waals surface area (Å²) in [6.45, 7) is 2.07. The number of ether oxygens (including phenoxy) is 1. The van der Waals surface area contributed by atoms with Gasteiger partial charge in [-0.1, -0.05) is 36.4 Å². The highest BCUT2D eigenvalue weighted by atomic mass is 19.1. The molecular weight excluding hydrogens is 431 g/mol. The van der Waals surface area contributed by atoms with Crippen molar-refractivity contribution >= 4 is 6.09 Å². The molecule has 0 aromatic heterocycles. The first-order valence-electron chi connectivity index (χ1n) is 10.7. The molecule has 2 atom stereocenters. The van der Waals surface area contributed by atoms with Crippen LogP contribution >= 0.6 is 0 Å². The van der Waals surface area contributed by atoms with E-state index < -0.39 is 23.3 Å². The van der Waals surface area contributed by atoms with Crippen molar-refractivity contribution in [3.05, 3.63) is 95.3 Å². The molecule has 172 valence electrons. The van der Waals surface area contributed by atoms with Crippen LogP contribution in [-0.4, -0.2) is 29.3 Å². The van der Waals surface area contributed by atoms with Gasteiger partial charge in [-0.15, -0.1) is 0 Å². The van der Waals surface area contributed by atoms with Crippen LogP contribution < -0.4 is 0 Å². The zero-order chi connectivity index (χ0) is 23.6. The van der Waals surface area contributed by atoms with Crippen molar-refractivity contribution in [3.8, 4) is 11.1 Å². The van der Waals surface area contributed by atoms with E-state index in [1.165, 1.54) is 24.3 Å². The Balaban J connectivity index is 1.52. The molecule has 1 amide bonds. The van der Waals surface area contributed by atoms with Crippen molar-refractivity contribution in [1.82, 2.24) is 4.90 Å². The van der Waals surface area contributed by atoms with Crippen molar-refractivity contribution in [3.63, 3.8) is 0 Å². The molecule has 3 aromatic carbocycles. The minimum atomic E-state index is -1.01. The molecule has 3 aromatic rings. The van der Waals surface area contributed by atoms with E-state index in [1.807, 2.05) is 6.92 Å². The van der Waals surface area contributed by atoms with E-state index in [4.69, 9.17) is 4.74 Å². The number of hydrogen-bond donors (Lipinski definition) is 1. The maximum Gasteiger partial charge on any atom is 0.411 e. The van der Waals surface area contributed by atoms with Crippen molar-refractivity contribution in [1.29, 1.82) is 0 Å². The number of rotatable bonds is 6. The molecule has 1 aliphatic heterocycles. The summed E-state index contributed by atoms with van der Waals surface area (Å²) in [6.07, 6.45) is 0.124. The Morgan fingerprint density at radius 2 is 1.67 bits per heavy atom. The quantitative estimate of drug-likeness (QED) is 0.500. The first kappa shape index (κ1) is 22.9. The lowest BCUT2D eigenvalue weighted by Gasteiger charge is -2.43. The number of halogens is 3. The van der Waals surface area contributed by atoms with Gasteiger partial charge in [0.15, 0.2) is 0 Å². The fraction of sp³-hybridized carbons (Fsp3) is 0.269. The predicted molar refractivity (Wildman–Crippen MR) is 118 cm³/mol. The SMILES string of the molecule is CC(c1ccc(-c2ccc(F)cc2F)cc1)N1CC[C@](CCO)(c2ccc(F)cc2)OC1=O. The summed E-state index contributed by atoms with van der Waals surface area (Å²) >= 11 is 0. The summed E-state index contributed by atoms with van der Waals surface area (Å²) in [5.41, 5.74) is 1.35. The van der Waals surface area contributed by atoms with Crippen molar-refractivity contribution < 1.29 is 27.8 Å². The third-order valence-electron chi connectivity index (χ3n) is 6.26. The Bertz CT molecular complexity index is 1130. The summed E-state index contributed by atoms with van der Waals surface area (Å²) in [7, 11) is 0. The molecule has 0 radical (unpaired) electrons. The largest absolute Gasteiger partial charge is 0.438 e. The van der Waals surface area contributed by atoms with Gasteiger partial charge in [0.25, 0.3) is 0 Å². The van der Waals surface area contributed by atoms with Gasteiger partial charge in [-0.2, -0.15) is 0 Å². The van der Waals surface area contributed by atoms with Crippen LogP contribution in [-0.2, 0) is 10.3 Å². The number of aliphatic hydroxyl groups is 1. The molecule has 0 saturated carbocycles. The molecule has 0 aliphatic carbocycles. The molecule has 1 unspecified atom stereocenters. The second-order valence-electron chi connectivity index (χ2n) is 8.21. The molecule has 1 heterocycles. The first-order chi connectivity index (χ1) is 15.8. The lowest BCUT2D eigenvalue weighted by atomic mass is 9.85. The second kappa shape index (κ2) is 9.27. The first-order valence-corrected chi connectivity index (χ1v) is 10.7. The van der Waals surface area contributed by atoms with Gasteiger partial charge in [-0.05, 0) is 47.9 Å². The molecule has 1 N–H and O–H groups in total. The van der Waals surface area contributed by atoms with Crippen molar-refractivity contribution in [2.24, 2.45) is 0 Å². The summed E-state index contributed by atoms with van der Waals surface area (Å²) in [6, 6.07) is 15.9. The van der Waals surface area contributed by atoms with Crippen LogP contribution in [0.3, 0.4) is 0 Å². The molecule has 4 rings (SSSR count). The lowest BCUT2D eigenvalue weighted by molar-refractivity contribution is -0.0718. The minimum absolute atomic E-state index is 0.179. The fourth-order valence-corrected chi connectivity index (χ4v) is 4.32. The normalized spacial score (nSPS) is 19.3. The highest BCUT2D eigenvalue weighted by Crippen LogP contribution is 2.39. The van der Waals surface area contributed by atoms with Crippen LogP contribution in [0.25, 0.3) is 11.1 Å². The maximum atomic E-state index is 14.1. The zero-order valence-corrected chi connectivity index (χ0v) is 18.1. The van der Waals surface area contributed by atoms with E-state index in [9.17, 15) is 23.1 Å². The lowest BCUT2D eigenvalue weighted by Crippen LogP contribution is -2.49. The highest BCUT2D eigenvalue weighted by Gasteiger charge is 2.43. The van der Waals surface area contributed by atoms with Crippen LogP contribution in [0.15, 0.2) is 66.7 Å². The zero-order valence-electron chi connectivity index (χ0n) is 18.1. The number of carbonyl (C=O) groups is 1. The third kappa shape index (κ3) is 4.59. The Morgan fingerprint density at radius 1 is 1.00 bits per heavy atom. The topological polar surface area (TPSA) is 49.8 Å². The van der Waals surface area contributed by atoms with E-state index in [-0.39, 0.29) is 24.9 Å². The number of amides is 1. The highest BCUT2D eigenvalue weighted by molar-refractivity contribution is 5.70. The van der Waals surface area contributed by atoms with Gasteiger partial charge in [0.2, 0.25) is 0 Å². The van der Waals surface area contributed by atoms with E-state index in [1.54, 1.807) is 41.3 Å². The molecule has 4 nitrogen and oxygen atoms in total. The standard InChI is InChI=1S/C26H24F3NO3/c1-17(18-2-4-19(5-3-18)23-11-10-22(28)16-24(23)29)30-14-12-26(13-15-31,33-25(30)32)20-6-8-21(27)9-7-20/h2-11,16-17,31H,12-15H2,1H3/t17?,26-/m0/s1. The van der Waals surface area contributed by atoms with E-state index in [0.717, 1.165) is 11.6 Å². The van der Waals surface area contributed by atoms with Crippen LogP contribution in [0.2, 0.25) is 0 Å². The van der Waals surface area contributed by atoms with Crippen LogP contribution in [0, 0.1) is 17.5 Å². The van der Waals surface area contributed by atoms with Gasteiger partial charge < -0.3 is 14.7 Å². The molecule has 1 fully saturated rings. The number of carbonyl (C=O) groups excluding carboxylic acids is 1. The molecule has 0 spiro atoms. The number of cyclic esters (lactones) is 1. The maximum absolute atomic E-state index is 14.1. The average molecular weight is 455 g/mol. The van der Waals surface area contributed by atoms with Crippen LogP contribution in [0.4, 0.5) is 18.0 Å². The van der Waals surface area contributed by atoms with Gasteiger partial charge in [0, 0.05) is 37.6 Å². The molecule has 1 aliphatic rings. The number of nitrogens with zero attached hydrogens (tertiary/aromatic N) is 1. The van der Waals surface area contributed by atoms with Gasteiger partial charge in [0.05, 0.1) is 6.04 Å². The van der Waals surface area contributed by atoms with Crippen molar-refractivity contribution in [2.75, 3.05) is 13.2 Å². The number of aliphatic hydroxyl groups excluding tert-OH is 1. The predicted octanol–water partition coefficient (Wildman–Crippen LogP) is 5.95. The molecule has 1 saturated heterocycles. The van der Waals surface area contributed by atoms with Gasteiger partial charge in [-0.25, -0.2) is 18.0 Å². The Kier molecular flexibility index (Phi) is 6.42. The molecule has 7 heteroatoms. The number of hydrogen-bond acceptors (Lipinski definition) is 3. The Hall–Kier alpha value is -3.32. The third-order valence-corrected chi connectivity index (χ3v) is 6.26. The van der Waals surface area contributed by atoms with Crippen LogP contribution in [0.1, 0.15) is 36.9 Å². The molecular formula is C26H24F3NO3. The second-order valence-corrected chi connectivity index (χ2v) is 8.21. The minimum Gasteiger partial charge on any atom is -0.438 e. The van der Waals surface area contributed by atoms with Crippen LogP contribution in [0.5, 0.6) is 0 Å². The Morgan fingerprint density at radius 3 is 2.27 bits per heavy atom. The van der Waals surface area contributed by atoms with E-state index >= 15 is 0 Å². The van der Waals surface area contributed by atoms with Crippen molar-refractivity contribution in [2.45, 2.75) is 31.4 Å².